The van der Waals surface area contributed by atoms with E-state index < -0.39 is 0 Å². The van der Waals surface area contributed by atoms with Gasteiger partial charge in [-0.05, 0) is 34.4 Å². The van der Waals surface area contributed by atoms with Gasteiger partial charge in [0.15, 0.2) is 0 Å². The maximum atomic E-state index is 12.5. The van der Waals surface area contributed by atoms with Crippen LogP contribution >= 0.6 is 0 Å². The molecule has 184 valence electrons. The third-order valence-corrected chi connectivity index (χ3v) is 6.00. The van der Waals surface area contributed by atoms with E-state index in [1.165, 1.54) is 27.2 Å². The lowest BCUT2D eigenvalue weighted by molar-refractivity contribution is 0.0295. The van der Waals surface area contributed by atoms with E-state index in [9.17, 15) is 4.79 Å². The number of nitrogens with two attached hydrogens (primary N) is 1. The number of likely N-dealkylation sites (N-methyl/N-ethyl adjacent to an activating group) is 1. The summed E-state index contributed by atoms with van der Waals surface area (Å²) in [7, 11) is 1.71. The number of nitrogens with zero attached hydrogens (tertiary/aromatic N) is 1. The van der Waals surface area contributed by atoms with Crippen molar-refractivity contribution in [1.82, 2.24) is 4.90 Å². The molecule has 1 amide bonds. The summed E-state index contributed by atoms with van der Waals surface area (Å²) >= 11 is 0. The molecule has 0 aliphatic heterocycles. The number of rotatable bonds is 12. The minimum Gasteiger partial charge on any atom is -0.489 e. The number of hydrogen-bond acceptors (Lipinski definition) is 6. The molecule has 0 aromatic heterocycles. The van der Waals surface area contributed by atoms with E-state index in [0.29, 0.717) is 57.6 Å². The Morgan fingerprint density at radius 2 is 1.37 bits per heavy atom. The summed E-state index contributed by atoms with van der Waals surface area (Å²) in [6, 6.07) is 23.9. The molecular formula is C28H32N2O5. The van der Waals surface area contributed by atoms with Crippen molar-refractivity contribution < 1.29 is 23.7 Å². The number of para-hydroxylation sites is 2. The van der Waals surface area contributed by atoms with Gasteiger partial charge in [0, 0.05) is 19.5 Å². The van der Waals surface area contributed by atoms with E-state index in [0.717, 1.165) is 0 Å². The monoisotopic (exact) mass is 476 g/mol. The molecule has 1 aliphatic carbocycles. The van der Waals surface area contributed by atoms with E-state index in [1.807, 2.05) is 42.5 Å². The summed E-state index contributed by atoms with van der Waals surface area (Å²) < 4.78 is 22.3. The number of carbonyl (C=O) groups is 1. The summed E-state index contributed by atoms with van der Waals surface area (Å²) in [4.78, 5) is 14.0. The second kappa shape index (κ2) is 12.2. The fourth-order valence-corrected chi connectivity index (χ4v) is 4.14. The van der Waals surface area contributed by atoms with E-state index in [1.54, 1.807) is 13.1 Å². The molecule has 0 heterocycles. The minimum absolute atomic E-state index is 0.0514. The van der Waals surface area contributed by atoms with Crippen LogP contribution in [0.5, 0.6) is 5.75 Å². The highest BCUT2D eigenvalue weighted by Gasteiger charge is 2.29. The van der Waals surface area contributed by atoms with Crippen LogP contribution in [0, 0.1) is 0 Å². The normalized spacial score (nSPS) is 12.1. The van der Waals surface area contributed by atoms with Crippen molar-refractivity contribution in [3.05, 3.63) is 83.9 Å². The quantitative estimate of drug-likeness (QED) is 0.305. The van der Waals surface area contributed by atoms with Crippen molar-refractivity contribution in [2.75, 3.05) is 59.0 Å². The van der Waals surface area contributed by atoms with E-state index >= 15 is 0 Å². The lowest BCUT2D eigenvalue weighted by Gasteiger charge is -2.19. The van der Waals surface area contributed by atoms with Gasteiger partial charge >= 0.3 is 6.09 Å². The lowest BCUT2D eigenvalue weighted by atomic mass is 9.98. The third-order valence-electron chi connectivity index (χ3n) is 6.00. The highest BCUT2D eigenvalue weighted by atomic mass is 16.6. The molecule has 2 N–H and O–H groups in total. The van der Waals surface area contributed by atoms with Gasteiger partial charge in [0.05, 0.1) is 32.1 Å². The predicted molar refractivity (Wildman–Crippen MR) is 136 cm³/mol. The minimum atomic E-state index is -0.357. The Balaban J connectivity index is 1.10. The number of benzene rings is 3. The van der Waals surface area contributed by atoms with Crippen LogP contribution in [0.25, 0.3) is 11.1 Å². The number of carbonyl (C=O) groups excluding carboxylic acids is 1. The molecule has 0 spiro atoms. The summed E-state index contributed by atoms with van der Waals surface area (Å²) in [6.45, 7) is 2.89. The number of nitrogen functional groups attached to an aromatic ring is 1. The molecule has 7 nitrogen and oxygen atoms in total. The molecule has 0 radical (unpaired) electrons. The first-order chi connectivity index (χ1) is 17.1. The van der Waals surface area contributed by atoms with Gasteiger partial charge in [-0.1, -0.05) is 60.7 Å². The van der Waals surface area contributed by atoms with Crippen molar-refractivity contribution in [2.24, 2.45) is 0 Å². The number of amides is 1. The molecule has 0 bridgehead atoms. The average molecular weight is 477 g/mol. The fourth-order valence-electron chi connectivity index (χ4n) is 4.14. The maximum Gasteiger partial charge on any atom is 0.409 e. The average Bonchev–Trinajstić information content (AvgIpc) is 3.20. The number of anilines is 1. The standard InChI is InChI=1S/C28H32N2O5/c1-30(14-15-32-16-17-33-18-19-34-27-13-7-6-12-26(27)29)28(31)35-20-25-23-10-4-2-8-21(23)22-9-3-5-11-24(22)25/h2-13,25H,14-20,29H2,1H3. The molecule has 3 aromatic carbocycles. The molecule has 0 fully saturated rings. The zero-order valence-corrected chi connectivity index (χ0v) is 20.0. The Bertz CT molecular complexity index is 1070. The second-order valence-corrected chi connectivity index (χ2v) is 8.34. The van der Waals surface area contributed by atoms with E-state index in [-0.39, 0.29) is 12.0 Å². The van der Waals surface area contributed by atoms with Crippen molar-refractivity contribution >= 4 is 11.8 Å². The van der Waals surface area contributed by atoms with Crippen molar-refractivity contribution in [3.8, 4) is 16.9 Å². The second-order valence-electron chi connectivity index (χ2n) is 8.34. The zero-order valence-electron chi connectivity index (χ0n) is 20.0. The maximum absolute atomic E-state index is 12.5. The first-order valence-corrected chi connectivity index (χ1v) is 11.8. The van der Waals surface area contributed by atoms with Crippen LogP contribution in [0.3, 0.4) is 0 Å². The molecule has 3 aromatic rings. The summed E-state index contributed by atoms with van der Waals surface area (Å²) in [5.41, 5.74) is 11.3. The fraction of sp³-hybridized carbons (Fsp3) is 0.321. The van der Waals surface area contributed by atoms with Gasteiger partial charge in [-0.25, -0.2) is 4.79 Å². The first kappa shape index (κ1) is 24.6. The molecule has 7 heteroatoms. The Morgan fingerprint density at radius 3 is 2.06 bits per heavy atom. The number of fused-ring (bicyclic) bond motifs is 3. The molecule has 4 rings (SSSR count). The molecule has 1 aliphatic rings. The zero-order chi connectivity index (χ0) is 24.5. The van der Waals surface area contributed by atoms with Crippen LogP contribution in [0.4, 0.5) is 10.5 Å². The number of ether oxygens (including phenoxy) is 4. The first-order valence-electron chi connectivity index (χ1n) is 11.8. The van der Waals surface area contributed by atoms with Gasteiger partial charge in [0.1, 0.15) is 19.0 Å². The SMILES string of the molecule is CN(CCOCCOCCOc1ccccc1N)C(=O)OCC1c2ccccc2-c2ccccc21. The molecule has 0 saturated heterocycles. The van der Waals surface area contributed by atoms with Gasteiger partial charge in [-0.3, -0.25) is 0 Å². The van der Waals surface area contributed by atoms with Crippen LogP contribution in [-0.4, -0.2) is 64.2 Å². The van der Waals surface area contributed by atoms with Gasteiger partial charge in [-0.2, -0.15) is 0 Å². The topological polar surface area (TPSA) is 83.3 Å². The summed E-state index contributed by atoms with van der Waals surface area (Å²) in [5.74, 6) is 0.707. The Hall–Kier alpha value is -3.55. The highest BCUT2D eigenvalue weighted by molar-refractivity contribution is 5.79. The van der Waals surface area contributed by atoms with Crippen LogP contribution in [0.15, 0.2) is 72.8 Å². The van der Waals surface area contributed by atoms with Gasteiger partial charge < -0.3 is 29.6 Å². The van der Waals surface area contributed by atoms with Crippen molar-refractivity contribution in [1.29, 1.82) is 0 Å². The van der Waals surface area contributed by atoms with Crippen LogP contribution in [0.2, 0.25) is 0 Å². The largest absolute Gasteiger partial charge is 0.489 e. The lowest BCUT2D eigenvalue weighted by Crippen LogP contribution is -2.32. The third kappa shape index (κ3) is 6.32. The molecule has 0 atom stereocenters. The summed E-state index contributed by atoms with van der Waals surface area (Å²) in [6.07, 6.45) is -0.357. The van der Waals surface area contributed by atoms with E-state index in [4.69, 9.17) is 24.7 Å². The Kier molecular flexibility index (Phi) is 8.59. The van der Waals surface area contributed by atoms with Crippen molar-refractivity contribution in [3.63, 3.8) is 0 Å². The van der Waals surface area contributed by atoms with Crippen molar-refractivity contribution in [2.45, 2.75) is 5.92 Å². The molecule has 35 heavy (non-hydrogen) atoms. The Morgan fingerprint density at radius 1 is 0.800 bits per heavy atom. The van der Waals surface area contributed by atoms with Gasteiger partial charge in [0.25, 0.3) is 0 Å². The van der Waals surface area contributed by atoms with E-state index in [2.05, 4.69) is 24.3 Å². The van der Waals surface area contributed by atoms with Crippen LogP contribution in [0.1, 0.15) is 17.0 Å². The number of hydrogen-bond donors (Lipinski definition) is 1. The van der Waals surface area contributed by atoms with Crippen LogP contribution < -0.4 is 10.5 Å². The molecular weight excluding hydrogens is 444 g/mol. The molecule has 0 saturated carbocycles. The molecule has 0 unspecified atom stereocenters. The predicted octanol–water partition coefficient (Wildman–Crippen LogP) is 4.56. The Labute approximate surface area is 206 Å². The smallest absolute Gasteiger partial charge is 0.409 e. The van der Waals surface area contributed by atoms with Crippen LogP contribution in [-0.2, 0) is 14.2 Å². The van der Waals surface area contributed by atoms with Gasteiger partial charge in [0.2, 0.25) is 0 Å². The highest BCUT2D eigenvalue weighted by Crippen LogP contribution is 2.44. The summed E-state index contributed by atoms with van der Waals surface area (Å²) in [5, 5.41) is 0. The van der Waals surface area contributed by atoms with Gasteiger partial charge in [-0.15, -0.1) is 0 Å².